The van der Waals surface area contributed by atoms with Crippen LogP contribution in [0.3, 0.4) is 0 Å². The molecule has 0 aromatic carbocycles. The number of hydrogen-bond acceptors (Lipinski definition) is 4. The minimum Gasteiger partial charge on any atom is -0.330 e. The third-order valence-electron chi connectivity index (χ3n) is 2.67. The molecule has 0 saturated heterocycles. The van der Waals surface area contributed by atoms with Crippen LogP contribution in [0.4, 0.5) is 0 Å². The van der Waals surface area contributed by atoms with E-state index in [1.807, 2.05) is 28.7 Å². The summed E-state index contributed by atoms with van der Waals surface area (Å²) in [7, 11) is 0. The first-order valence-corrected chi connectivity index (χ1v) is 6.32. The summed E-state index contributed by atoms with van der Waals surface area (Å²) in [5, 5.41) is 4.21. The Kier molecular flexibility index (Phi) is 4.09. The largest absolute Gasteiger partial charge is 0.330 e. The van der Waals surface area contributed by atoms with Gasteiger partial charge in [0.05, 0.1) is 18.6 Å². The summed E-state index contributed by atoms with van der Waals surface area (Å²) in [5.74, 6) is 0.960. The second-order valence-electron chi connectivity index (χ2n) is 4.62. The Morgan fingerprint density at radius 3 is 2.94 bits per heavy atom. The molecule has 0 aliphatic rings. The van der Waals surface area contributed by atoms with Crippen LogP contribution in [0.1, 0.15) is 31.8 Å². The van der Waals surface area contributed by atoms with E-state index >= 15 is 0 Å². The molecule has 2 rings (SSSR count). The maximum absolute atomic E-state index is 5.76. The maximum Gasteiger partial charge on any atom is 0.146 e. The highest BCUT2D eigenvalue weighted by atomic mass is 15.3. The molecule has 0 aliphatic carbocycles. The Morgan fingerprint density at radius 2 is 2.22 bits per heavy atom. The third kappa shape index (κ3) is 3.16. The van der Waals surface area contributed by atoms with Crippen molar-refractivity contribution in [2.75, 3.05) is 0 Å². The van der Waals surface area contributed by atoms with E-state index in [1.54, 1.807) is 6.33 Å². The Balaban J connectivity index is 2.04. The van der Waals surface area contributed by atoms with Crippen molar-refractivity contribution >= 4 is 0 Å². The fraction of sp³-hybridized carbons (Fsp3) is 0.583. The number of nitrogens with two attached hydrogens (primary N) is 1. The summed E-state index contributed by atoms with van der Waals surface area (Å²) >= 11 is 0. The molecule has 6 heteroatoms. The molecule has 0 amide bonds. The SMILES string of the molecule is CCCn1ncnc1Cn1cnc(CC(C)N)c1. The van der Waals surface area contributed by atoms with Gasteiger partial charge in [-0.1, -0.05) is 6.92 Å². The third-order valence-corrected chi connectivity index (χ3v) is 2.67. The predicted octanol–water partition coefficient (Wildman–Crippen LogP) is 0.823. The molecule has 2 aromatic rings. The van der Waals surface area contributed by atoms with Crippen LogP contribution in [-0.2, 0) is 19.5 Å². The van der Waals surface area contributed by atoms with Crippen LogP contribution in [0.15, 0.2) is 18.9 Å². The van der Waals surface area contributed by atoms with Gasteiger partial charge in [-0.25, -0.2) is 14.6 Å². The number of hydrogen-bond donors (Lipinski definition) is 1. The first-order chi connectivity index (χ1) is 8.69. The quantitative estimate of drug-likeness (QED) is 0.821. The average Bonchev–Trinajstić information content (AvgIpc) is 2.90. The summed E-state index contributed by atoms with van der Waals surface area (Å²) in [6.07, 6.45) is 7.30. The molecular formula is C12H20N6. The molecule has 2 heterocycles. The maximum atomic E-state index is 5.76. The van der Waals surface area contributed by atoms with Crippen LogP contribution in [0, 0.1) is 0 Å². The molecule has 0 aliphatic heterocycles. The van der Waals surface area contributed by atoms with Gasteiger partial charge in [-0.2, -0.15) is 5.10 Å². The minimum atomic E-state index is 0.136. The normalized spacial score (nSPS) is 12.8. The van der Waals surface area contributed by atoms with E-state index in [0.717, 1.165) is 30.9 Å². The van der Waals surface area contributed by atoms with E-state index in [2.05, 4.69) is 22.0 Å². The molecule has 0 bridgehead atoms. The average molecular weight is 248 g/mol. The van der Waals surface area contributed by atoms with Gasteiger partial charge in [0, 0.05) is 25.2 Å². The van der Waals surface area contributed by atoms with Crippen LogP contribution in [0.2, 0.25) is 0 Å². The van der Waals surface area contributed by atoms with Gasteiger partial charge in [0.2, 0.25) is 0 Å². The number of aryl methyl sites for hydroxylation is 1. The van der Waals surface area contributed by atoms with Crippen LogP contribution >= 0.6 is 0 Å². The standard InChI is InChI=1S/C12H20N6/c1-3-4-18-12(14-8-16-18)7-17-6-11(15-9-17)5-10(2)13/h6,8-10H,3-5,7,13H2,1-2H3. The Bertz CT molecular complexity index is 484. The van der Waals surface area contributed by atoms with E-state index in [0.29, 0.717) is 6.54 Å². The van der Waals surface area contributed by atoms with Crippen molar-refractivity contribution in [3.05, 3.63) is 30.4 Å². The monoisotopic (exact) mass is 248 g/mol. The van der Waals surface area contributed by atoms with Crippen LogP contribution in [0.25, 0.3) is 0 Å². The van der Waals surface area contributed by atoms with Gasteiger partial charge < -0.3 is 10.3 Å². The van der Waals surface area contributed by atoms with Crippen LogP contribution in [0.5, 0.6) is 0 Å². The minimum absolute atomic E-state index is 0.136. The molecule has 18 heavy (non-hydrogen) atoms. The Labute approximate surface area is 107 Å². The molecule has 0 spiro atoms. The van der Waals surface area contributed by atoms with Gasteiger partial charge in [0.15, 0.2) is 0 Å². The zero-order valence-electron chi connectivity index (χ0n) is 11.0. The number of nitrogens with zero attached hydrogens (tertiary/aromatic N) is 5. The molecule has 0 radical (unpaired) electrons. The topological polar surface area (TPSA) is 74.5 Å². The first kappa shape index (κ1) is 12.8. The summed E-state index contributed by atoms with van der Waals surface area (Å²) in [6.45, 7) is 5.71. The van der Waals surface area contributed by atoms with Crippen molar-refractivity contribution < 1.29 is 0 Å². The summed E-state index contributed by atoms with van der Waals surface area (Å²) in [5.41, 5.74) is 6.78. The number of aromatic nitrogens is 5. The van der Waals surface area contributed by atoms with E-state index in [4.69, 9.17) is 5.73 Å². The van der Waals surface area contributed by atoms with Crippen molar-refractivity contribution in [2.24, 2.45) is 5.73 Å². The lowest BCUT2D eigenvalue weighted by Gasteiger charge is -2.04. The lowest BCUT2D eigenvalue weighted by molar-refractivity contribution is 0.554. The highest BCUT2D eigenvalue weighted by Crippen LogP contribution is 2.04. The Hall–Kier alpha value is -1.69. The fourth-order valence-corrected chi connectivity index (χ4v) is 1.90. The van der Waals surface area contributed by atoms with Crippen LogP contribution < -0.4 is 5.73 Å². The molecule has 6 nitrogen and oxygen atoms in total. The van der Waals surface area contributed by atoms with Gasteiger partial charge in [0.25, 0.3) is 0 Å². The summed E-state index contributed by atoms with van der Waals surface area (Å²) in [6, 6.07) is 0.136. The smallest absolute Gasteiger partial charge is 0.146 e. The summed E-state index contributed by atoms with van der Waals surface area (Å²) < 4.78 is 3.96. The number of rotatable bonds is 6. The molecule has 0 saturated carbocycles. The van der Waals surface area contributed by atoms with E-state index in [-0.39, 0.29) is 6.04 Å². The lowest BCUT2D eigenvalue weighted by atomic mass is 10.2. The van der Waals surface area contributed by atoms with Crippen molar-refractivity contribution in [3.8, 4) is 0 Å². The van der Waals surface area contributed by atoms with Gasteiger partial charge >= 0.3 is 0 Å². The lowest BCUT2D eigenvalue weighted by Crippen LogP contribution is -2.17. The second-order valence-corrected chi connectivity index (χ2v) is 4.62. The van der Waals surface area contributed by atoms with Crippen molar-refractivity contribution in [3.63, 3.8) is 0 Å². The van der Waals surface area contributed by atoms with Gasteiger partial charge in [-0.15, -0.1) is 0 Å². The molecule has 2 aromatic heterocycles. The van der Waals surface area contributed by atoms with Crippen molar-refractivity contribution in [2.45, 2.75) is 45.8 Å². The highest BCUT2D eigenvalue weighted by molar-refractivity contribution is 5.00. The van der Waals surface area contributed by atoms with Gasteiger partial charge in [-0.05, 0) is 13.3 Å². The van der Waals surface area contributed by atoms with Crippen LogP contribution in [-0.4, -0.2) is 30.4 Å². The van der Waals surface area contributed by atoms with E-state index in [9.17, 15) is 0 Å². The molecule has 98 valence electrons. The summed E-state index contributed by atoms with van der Waals surface area (Å²) in [4.78, 5) is 8.62. The van der Waals surface area contributed by atoms with Crippen molar-refractivity contribution in [1.29, 1.82) is 0 Å². The number of imidazole rings is 1. The van der Waals surface area contributed by atoms with E-state index in [1.165, 1.54) is 0 Å². The molecule has 1 atom stereocenters. The zero-order chi connectivity index (χ0) is 13.0. The first-order valence-electron chi connectivity index (χ1n) is 6.32. The zero-order valence-corrected chi connectivity index (χ0v) is 11.0. The highest BCUT2D eigenvalue weighted by Gasteiger charge is 2.06. The van der Waals surface area contributed by atoms with Gasteiger partial charge in [0.1, 0.15) is 12.2 Å². The van der Waals surface area contributed by atoms with E-state index < -0.39 is 0 Å². The Morgan fingerprint density at radius 1 is 1.39 bits per heavy atom. The molecule has 1 unspecified atom stereocenters. The molecule has 2 N–H and O–H groups in total. The molecule has 0 fully saturated rings. The fourth-order valence-electron chi connectivity index (χ4n) is 1.90. The molecular weight excluding hydrogens is 228 g/mol. The van der Waals surface area contributed by atoms with Crippen molar-refractivity contribution in [1.82, 2.24) is 24.3 Å². The van der Waals surface area contributed by atoms with Gasteiger partial charge in [-0.3, -0.25) is 0 Å². The predicted molar refractivity (Wildman–Crippen MR) is 69.0 cm³/mol. The second kappa shape index (κ2) is 5.77.